The Kier molecular flexibility index (Phi) is 9.67. The molecule has 0 aromatic heterocycles. The lowest BCUT2D eigenvalue weighted by atomic mass is 10.2. The molecule has 0 unspecified atom stereocenters. The van der Waals surface area contributed by atoms with Crippen molar-refractivity contribution in [3.05, 3.63) is 66.2 Å². The first-order valence-corrected chi connectivity index (χ1v) is 11.2. The molecule has 0 saturated carbocycles. The highest BCUT2D eigenvalue weighted by atomic mass is 16.6. The largest absolute Gasteiger partial charge is 0.444 e. The van der Waals surface area contributed by atoms with Gasteiger partial charge in [-0.25, -0.2) is 4.79 Å². The minimum absolute atomic E-state index is 0.124. The molecule has 3 amide bonds. The van der Waals surface area contributed by atoms with E-state index >= 15 is 0 Å². The molecule has 0 heterocycles. The SMILES string of the molecule is CN(C)c1ccc(C(=O)NCCC/C=C/C(=O)Nc2ccccc2NC(=O)OC(C)(C)C)cc1. The lowest BCUT2D eigenvalue weighted by Crippen LogP contribution is -2.27. The maximum Gasteiger partial charge on any atom is 0.412 e. The van der Waals surface area contributed by atoms with Crippen LogP contribution in [0.25, 0.3) is 0 Å². The molecular weight excluding hydrogens is 432 g/mol. The molecule has 0 aliphatic rings. The maximum atomic E-state index is 12.3. The summed E-state index contributed by atoms with van der Waals surface area (Å²) < 4.78 is 5.26. The average Bonchev–Trinajstić information content (AvgIpc) is 2.76. The number of benzene rings is 2. The van der Waals surface area contributed by atoms with Crippen LogP contribution >= 0.6 is 0 Å². The highest BCUT2D eigenvalue weighted by Crippen LogP contribution is 2.22. The van der Waals surface area contributed by atoms with E-state index in [2.05, 4.69) is 16.0 Å². The Morgan fingerprint density at radius 2 is 1.56 bits per heavy atom. The number of anilines is 3. The molecule has 0 saturated heterocycles. The predicted octanol–water partition coefficient (Wildman–Crippen LogP) is 4.80. The first kappa shape index (κ1) is 26.4. The van der Waals surface area contributed by atoms with Gasteiger partial charge < -0.3 is 20.3 Å². The predicted molar refractivity (Wildman–Crippen MR) is 136 cm³/mol. The Morgan fingerprint density at radius 3 is 2.15 bits per heavy atom. The van der Waals surface area contributed by atoms with Gasteiger partial charge in [-0.1, -0.05) is 18.2 Å². The van der Waals surface area contributed by atoms with Crippen molar-refractivity contribution in [2.24, 2.45) is 0 Å². The highest BCUT2D eigenvalue weighted by molar-refractivity contribution is 6.03. The van der Waals surface area contributed by atoms with E-state index in [1.54, 1.807) is 63.2 Å². The standard InChI is InChI=1S/C26H34N4O4/c1-26(2,3)34-25(33)29-22-12-9-8-11-21(22)28-23(31)13-7-6-10-18-27-24(32)19-14-16-20(17-15-19)30(4)5/h7-9,11-17H,6,10,18H2,1-5H3,(H,27,32)(H,28,31)(H,29,33)/b13-7+. The summed E-state index contributed by atoms with van der Waals surface area (Å²) in [7, 11) is 3.89. The number of hydrogen-bond donors (Lipinski definition) is 3. The molecule has 0 atom stereocenters. The zero-order valence-electron chi connectivity index (χ0n) is 20.5. The van der Waals surface area contributed by atoms with E-state index in [0.29, 0.717) is 36.3 Å². The van der Waals surface area contributed by atoms with Gasteiger partial charge in [-0.2, -0.15) is 0 Å². The number of nitrogens with zero attached hydrogens (tertiary/aromatic N) is 1. The second-order valence-corrected chi connectivity index (χ2v) is 8.90. The lowest BCUT2D eigenvalue weighted by molar-refractivity contribution is -0.111. The summed E-state index contributed by atoms with van der Waals surface area (Å²) in [5, 5.41) is 8.28. The van der Waals surface area contributed by atoms with E-state index < -0.39 is 11.7 Å². The van der Waals surface area contributed by atoms with Crippen LogP contribution in [0.4, 0.5) is 21.9 Å². The third-order valence-corrected chi connectivity index (χ3v) is 4.57. The van der Waals surface area contributed by atoms with E-state index in [1.807, 2.05) is 31.1 Å². The fourth-order valence-corrected chi connectivity index (χ4v) is 2.91. The number of para-hydroxylation sites is 2. The Bertz CT molecular complexity index is 1010. The van der Waals surface area contributed by atoms with Crippen LogP contribution in [0.3, 0.4) is 0 Å². The van der Waals surface area contributed by atoms with Crippen molar-refractivity contribution in [1.29, 1.82) is 0 Å². The number of nitrogens with one attached hydrogen (secondary N) is 3. The van der Waals surface area contributed by atoms with Gasteiger partial charge in [0.15, 0.2) is 0 Å². The number of hydrogen-bond acceptors (Lipinski definition) is 5. The first-order chi connectivity index (χ1) is 16.0. The number of rotatable bonds is 9. The second kappa shape index (κ2) is 12.4. The van der Waals surface area contributed by atoms with Crippen molar-refractivity contribution in [3.8, 4) is 0 Å². The smallest absolute Gasteiger partial charge is 0.412 e. The van der Waals surface area contributed by atoms with Crippen LogP contribution in [0.2, 0.25) is 0 Å². The lowest BCUT2D eigenvalue weighted by Gasteiger charge is -2.20. The summed E-state index contributed by atoms with van der Waals surface area (Å²) in [5.74, 6) is -0.440. The fraction of sp³-hybridized carbons (Fsp3) is 0.346. The molecule has 0 aliphatic heterocycles. The molecule has 2 aromatic rings. The monoisotopic (exact) mass is 466 g/mol. The second-order valence-electron chi connectivity index (χ2n) is 8.90. The van der Waals surface area contributed by atoms with E-state index in [4.69, 9.17) is 4.74 Å². The van der Waals surface area contributed by atoms with Gasteiger partial charge in [-0.3, -0.25) is 14.9 Å². The molecular formula is C26H34N4O4. The summed E-state index contributed by atoms with van der Waals surface area (Å²) in [6.45, 7) is 5.83. The van der Waals surface area contributed by atoms with Crippen LogP contribution in [0.15, 0.2) is 60.7 Å². The number of amides is 3. The van der Waals surface area contributed by atoms with Gasteiger partial charge >= 0.3 is 6.09 Å². The Hall–Kier alpha value is -3.81. The molecule has 0 fully saturated rings. The zero-order chi connectivity index (χ0) is 25.1. The molecule has 2 aromatic carbocycles. The summed E-state index contributed by atoms with van der Waals surface area (Å²) in [4.78, 5) is 38.5. The van der Waals surface area contributed by atoms with Crippen molar-refractivity contribution >= 4 is 35.0 Å². The maximum absolute atomic E-state index is 12.3. The molecule has 182 valence electrons. The van der Waals surface area contributed by atoms with Crippen molar-refractivity contribution in [1.82, 2.24) is 5.32 Å². The normalized spacial score (nSPS) is 11.1. The van der Waals surface area contributed by atoms with Crippen LogP contribution in [0, 0.1) is 0 Å². The number of allylic oxidation sites excluding steroid dienone is 1. The van der Waals surface area contributed by atoms with Gasteiger partial charge in [0.05, 0.1) is 11.4 Å². The molecule has 0 aliphatic carbocycles. The van der Waals surface area contributed by atoms with E-state index in [1.165, 1.54) is 6.08 Å². The fourth-order valence-electron chi connectivity index (χ4n) is 2.91. The van der Waals surface area contributed by atoms with Crippen molar-refractivity contribution in [2.75, 3.05) is 36.2 Å². The Balaban J connectivity index is 1.75. The van der Waals surface area contributed by atoms with Gasteiger partial charge in [-0.15, -0.1) is 0 Å². The summed E-state index contributed by atoms with van der Waals surface area (Å²) in [6.07, 6.45) is 3.91. The zero-order valence-corrected chi connectivity index (χ0v) is 20.5. The van der Waals surface area contributed by atoms with Gasteiger partial charge in [-0.05, 0) is 76.1 Å². The summed E-state index contributed by atoms with van der Waals surface area (Å²) >= 11 is 0. The highest BCUT2D eigenvalue weighted by Gasteiger charge is 2.17. The topological polar surface area (TPSA) is 99.8 Å². The van der Waals surface area contributed by atoms with Gasteiger partial charge in [0.25, 0.3) is 5.91 Å². The number of carbonyl (C=O) groups excluding carboxylic acids is 3. The van der Waals surface area contributed by atoms with Crippen LogP contribution in [-0.4, -0.2) is 44.1 Å². The van der Waals surface area contributed by atoms with Gasteiger partial charge in [0.1, 0.15) is 5.60 Å². The molecule has 0 radical (unpaired) electrons. The van der Waals surface area contributed by atoms with Crippen LogP contribution in [-0.2, 0) is 9.53 Å². The van der Waals surface area contributed by atoms with Gasteiger partial charge in [0, 0.05) is 31.9 Å². The minimum Gasteiger partial charge on any atom is -0.444 e. The molecule has 34 heavy (non-hydrogen) atoms. The molecule has 3 N–H and O–H groups in total. The number of unbranched alkanes of at least 4 members (excludes halogenated alkanes) is 1. The molecule has 8 heteroatoms. The van der Waals surface area contributed by atoms with E-state index in [0.717, 1.165) is 5.69 Å². The summed E-state index contributed by atoms with van der Waals surface area (Å²) in [5.41, 5.74) is 1.93. The quantitative estimate of drug-likeness (QED) is 0.364. The third-order valence-electron chi connectivity index (χ3n) is 4.57. The Morgan fingerprint density at radius 1 is 0.941 bits per heavy atom. The van der Waals surface area contributed by atoms with E-state index in [-0.39, 0.29) is 11.8 Å². The number of carbonyl (C=O) groups is 3. The van der Waals surface area contributed by atoms with Gasteiger partial charge in [0.2, 0.25) is 5.91 Å². The average molecular weight is 467 g/mol. The summed E-state index contributed by atoms with van der Waals surface area (Å²) in [6, 6.07) is 14.3. The first-order valence-electron chi connectivity index (χ1n) is 11.2. The minimum atomic E-state index is -0.624. The number of ether oxygens (including phenoxy) is 1. The van der Waals surface area contributed by atoms with Crippen LogP contribution < -0.4 is 20.9 Å². The van der Waals surface area contributed by atoms with Crippen molar-refractivity contribution in [3.63, 3.8) is 0 Å². The van der Waals surface area contributed by atoms with Crippen molar-refractivity contribution in [2.45, 2.75) is 39.2 Å². The molecule has 0 bridgehead atoms. The van der Waals surface area contributed by atoms with Crippen molar-refractivity contribution < 1.29 is 19.1 Å². The molecule has 8 nitrogen and oxygen atoms in total. The Labute approximate surface area is 201 Å². The third kappa shape index (κ3) is 9.36. The molecule has 0 spiro atoms. The molecule has 2 rings (SSSR count). The van der Waals surface area contributed by atoms with E-state index in [9.17, 15) is 14.4 Å². The van der Waals surface area contributed by atoms with Crippen LogP contribution in [0.5, 0.6) is 0 Å². The van der Waals surface area contributed by atoms with Crippen LogP contribution in [0.1, 0.15) is 44.0 Å².